The molecule has 0 unspecified atom stereocenters. The lowest BCUT2D eigenvalue weighted by Gasteiger charge is -2.27. The zero-order valence-electron chi connectivity index (χ0n) is 12.0. The molecule has 0 aromatic carbocycles. The van der Waals surface area contributed by atoms with Gasteiger partial charge < -0.3 is 10.2 Å². The minimum atomic E-state index is 0.339. The highest BCUT2D eigenvalue weighted by Crippen LogP contribution is 2.36. The van der Waals surface area contributed by atoms with Crippen LogP contribution in [0.3, 0.4) is 0 Å². The monoisotopic (exact) mass is 247 g/mol. The molecule has 1 aromatic rings. The molecule has 1 N–H and O–H groups in total. The fourth-order valence-electron chi connectivity index (χ4n) is 2.30. The number of rotatable bonds is 6. The molecule has 0 aliphatic heterocycles. The third-order valence-corrected chi connectivity index (χ3v) is 3.93. The molecule has 1 aliphatic rings. The third kappa shape index (κ3) is 2.83. The maximum absolute atomic E-state index is 4.79. The predicted molar refractivity (Wildman–Crippen MR) is 77.2 cm³/mol. The third-order valence-electron chi connectivity index (χ3n) is 3.93. The van der Waals surface area contributed by atoms with Gasteiger partial charge in [0.2, 0.25) is 0 Å². The summed E-state index contributed by atoms with van der Waals surface area (Å²) in [6.45, 7) is 8.67. The first-order valence-electron chi connectivity index (χ1n) is 7.01. The summed E-state index contributed by atoms with van der Waals surface area (Å²) in [5, 5.41) is 3.45. The summed E-state index contributed by atoms with van der Waals surface area (Å²) in [6.07, 6.45) is 2.56. The SMILES string of the molecule is CCN(CC1(NC)CC1)c1cccc(C(C)C)n1. The van der Waals surface area contributed by atoms with Crippen LogP contribution in [0, 0.1) is 0 Å². The second-order valence-electron chi connectivity index (χ2n) is 5.62. The molecular formula is C15H25N3. The lowest BCUT2D eigenvalue weighted by atomic mass is 10.1. The standard InChI is InChI=1S/C15H25N3/c1-5-18(11-15(16-4)9-10-15)14-8-6-7-13(17-14)12(2)3/h6-8,12,16H,5,9-11H2,1-4H3. The Morgan fingerprint density at radius 1 is 1.39 bits per heavy atom. The molecule has 3 heteroatoms. The zero-order chi connectivity index (χ0) is 13.2. The van der Waals surface area contributed by atoms with Gasteiger partial charge in [0.25, 0.3) is 0 Å². The van der Waals surface area contributed by atoms with E-state index in [4.69, 9.17) is 4.98 Å². The molecule has 2 rings (SSSR count). The largest absolute Gasteiger partial charge is 0.355 e. The molecule has 1 saturated carbocycles. The van der Waals surface area contributed by atoms with Crippen LogP contribution >= 0.6 is 0 Å². The number of hydrogen-bond donors (Lipinski definition) is 1. The average Bonchev–Trinajstić information content (AvgIpc) is 3.16. The number of nitrogens with one attached hydrogen (secondary N) is 1. The molecule has 0 bridgehead atoms. The quantitative estimate of drug-likeness (QED) is 0.838. The van der Waals surface area contributed by atoms with Gasteiger partial charge in [0.1, 0.15) is 5.82 Å². The van der Waals surface area contributed by atoms with Crippen molar-refractivity contribution < 1.29 is 0 Å². The molecule has 0 spiro atoms. The van der Waals surface area contributed by atoms with Crippen LogP contribution in [-0.4, -0.2) is 30.7 Å². The minimum absolute atomic E-state index is 0.339. The second-order valence-corrected chi connectivity index (χ2v) is 5.62. The Bertz CT molecular complexity index is 396. The molecule has 0 radical (unpaired) electrons. The number of aromatic nitrogens is 1. The molecule has 100 valence electrons. The predicted octanol–water partition coefficient (Wildman–Crippen LogP) is 2.78. The van der Waals surface area contributed by atoms with Gasteiger partial charge in [-0.3, -0.25) is 0 Å². The van der Waals surface area contributed by atoms with E-state index in [1.54, 1.807) is 0 Å². The Balaban J connectivity index is 2.14. The van der Waals surface area contributed by atoms with Crippen molar-refractivity contribution in [2.75, 3.05) is 25.0 Å². The lowest BCUT2D eigenvalue weighted by molar-refractivity contribution is 0.536. The van der Waals surface area contributed by atoms with Gasteiger partial charge in [-0.05, 0) is 44.9 Å². The fourth-order valence-corrected chi connectivity index (χ4v) is 2.30. The molecule has 0 amide bonds. The highest BCUT2D eigenvalue weighted by atomic mass is 15.2. The molecule has 1 fully saturated rings. The van der Waals surface area contributed by atoms with Crippen molar-refractivity contribution in [1.82, 2.24) is 10.3 Å². The Morgan fingerprint density at radius 3 is 2.61 bits per heavy atom. The summed E-state index contributed by atoms with van der Waals surface area (Å²) in [5.74, 6) is 1.60. The number of nitrogens with zero attached hydrogens (tertiary/aromatic N) is 2. The van der Waals surface area contributed by atoms with Gasteiger partial charge in [-0.1, -0.05) is 19.9 Å². The highest BCUT2D eigenvalue weighted by molar-refractivity contribution is 5.41. The summed E-state index contributed by atoms with van der Waals surface area (Å²) >= 11 is 0. The van der Waals surface area contributed by atoms with Crippen molar-refractivity contribution >= 4 is 5.82 Å². The first-order valence-corrected chi connectivity index (χ1v) is 7.01. The first kappa shape index (κ1) is 13.3. The van der Waals surface area contributed by atoms with E-state index in [0.29, 0.717) is 11.5 Å². The number of pyridine rings is 1. The van der Waals surface area contributed by atoms with E-state index in [9.17, 15) is 0 Å². The Hall–Kier alpha value is -1.09. The van der Waals surface area contributed by atoms with Crippen LogP contribution in [0.5, 0.6) is 0 Å². The summed E-state index contributed by atoms with van der Waals surface area (Å²) < 4.78 is 0. The highest BCUT2D eigenvalue weighted by Gasteiger charge is 2.42. The van der Waals surface area contributed by atoms with Crippen molar-refractivity contribution in [2.24, 2.45) is 0 Å². The molecule has 0 atom stereocenters. The zero-order valence-corrected chi connectivity index (χ0v) is 12.0. The van der Waals surface area contributed by atoms with E-state index in [1.165, 1.54) is 18.5 Å². The summed E-state index contributed by atoms with van der Waals surface area (Å²) in [5.41, 5.74) is 1.52. The Morgan fingerprint density at radius 2 is 2.11 bits per heavy atom. The molecule has 1 aromatic heterocycles. The smallest absolute Gasteiger partial charge is 0.128 e. The van der Waals surface area contributed by atoms with Crippen LogP contribution in [0.4, 0.5) is 5.82 Å². The van der Waals surface area contributed by atoms with Gasteiger partial charge in [0.15, 0.2) is 0 Å². The normalized spacial score (nSPS) is 16.9. The van der Waals surface area contributed by atoms with Gasteiger partial charge >= 0.3 is 0 Å². The molecule has 0 saturated heterocycles. The molecule has 18 heavy (non-hydrogen) atoms. The van der Waals surface area contributed by atoms with Gasteiger partial charge in [-0.25, -0.2) is 4.98 Å². The molecular weight excluding hydrogens is 222 g/mol. The van der Waals surface area contributed by atoms with Gasteiger partial charge in [0.05, 0.1) is 0 Å². The maximum atomic E-state index is 4.79. The van der Waals surface area contributed by atoms with Crippen molar-refractivity contribution in [2.45, 2.75) is 45.1 Å². The maximum Gasteiger partial charge on any atom is 0.128 e. The summed E-state index contributed by atoms with van der Waals surface area (Å²) in [4.78, 5) is 7.17. The lowest BCUT2D eigenvalue weighted by Crippen LogP contribution is -2.41. The van der Waals surface area contributed by atoms with Crippen LogP contribution < -0.4 is 10.2 Å². The van der Waals surface area contributed by atoms with E-state index >= 15 is 0 Å². The Labute approximate surface area is 111 Å². The van der Waals surface area contributed by atoms with Crippen LogP contribution in [0.15, 0.2) is 18.2 Å². The van der Waals surface area contributed by atoms with Crippen molar-refractivity contribution in [1.29, 1.82) is 0 Å². The van der Waals surface area contributed by atoms with Crippen molar-refractivity contribution in [3.05, 3.63) is 23.9 Å². The van der Waals surface area contributed by atoms with E-state index in [2.05, 4.69) is 56.2 Å². The molecule has 3 nitrogen and oxygen atoms in total. The Kier molecular flexibility index (Phi) is 3.91. The van der Waals surface area contributed by atoms with Gasteiger partial charge in [-0.15, -0.1) is 0 Å². The van der Waals surface area contributed by atoms with Crippen molar-refractivity contribution in [3.63, 3.8) is 0 Å². The van der Waals surface area contributed by atoms with Crippen LogP contribution in [0.2, 0.25) is 0 Å². The number of anilines is 1. The van der Waals surface area contributed by atoms with E-state index < -0.39 is 0 Å². The van der Waals surface area contributed by atoms with E-state index in [-0.39, 0.29) is 0 Å². The van der Waals surface area contributed by atoms with Crippen LogP contribution in [-0.2, 0) is 0 Å². The first-order chi connectivity index (χ1) is 8.60. The molecule has 1 aliphatic carbocycles. The summed E-state index contributed by atoms with van der Waals surface area (Å²) in [6, 6.07) is 6.37. The number of hydrogen-bond acceptors (Lipinski definition) is 3. The topological polar surface area (TPSA) is 28.2 Å². The van der Waals surface area contributed by atoms with Crippen molar-refractivity contribution in [3.8, 4) is 0 Å². The number of likely N-dealkylation sites (N-methyl/N-ethyl adjacent to an activating group) is 2. The minimum Gasteiger partial charge on any atom is -0.355 e. The fraction of sp³-hybridized carbons (Fsp3) is 0.667. The van der Waals surface area contributed by atoms with Gasteiger partial charge in [-0.2, -0.15) is 0 Å². The second kappa shape index (κ2) is 5.27. The van der Waals surface area contributed by atoms with Gasteiger partial charge in [0, 0.05) is 24.3 Å². The van der Waals surface area contributed by atoms with E-state index in [1.807, 2.05) is 0 Å². The van der Waals surface area contributed by atoms with Crippen LogP contribution in [0.25, 0.3) is 0 Å². The summed E-state index contributed by atoms with van der Waals surface area (Å²) in [7, 11) is 2.07. The average molecular weight is 247 g/mol. The van der Waals surface area contributed by atoms with E-state index in [0.717, 1.165) is 18.9 Å². The molecule has 1 heterocycles. The van der Waals surface area contributed by atoms with Crippen LogP contribution in [0.1, 0.15) is 45.2 Å².